The zero-order chi connectivity index (χ0) is 37.6. The first-order chi connectivity index (χ1) is 28.3. The fourth-order valence-electron chi connectivity index (χ4n) is 9.92. The fraction of sp³-hybridized carbons (Fsp3) is 0.0364. The Kier molecular flexibility index (Phi) is 6.94. The summed E-state index contributed by atoms with van der Waals surface area (Å²) in [6, 6.07) is 69.7. The zero-order valence-corrected chi connectivity index (χ0v) is 31.5. The van der Waals surface area contributed by atoms with Crippen molar-refractivity contribution in [1.82, 2.24) is 9.55 Å². The second-order valence-corrected chi connectivity index (χ2v) is 15.2. The Hall–Kier alpha value is -7.29. The van der Waals surface area contributed by atoms with Crippen LogP contribution in [0.2, 0.25) is 0 Å². The number of fused-ring (bicyclic) bond motifs is 8. The molecule has 1 aromatic heterocycles. The molecule has 57 heavy (non-hydrogen) atoms. The number of nitrogens with zero attached hydrogens (tertiary/aromatic N) is 2. The SMILES string of the molecule is CCc1nc2ccccc2n1-c1ccc(-c2c3ccccc3c(-c3cc4cccc5c6ccccc6c6ccccc6c6cccc3c6c45)c3ccccc23)cc1. The molecule has 0 bridgehead atoms. The topological polar surface area (TPSA) is 17.8 Å². The lowest BCUT2D eigenvalue weighted by Crippen LogP contribution is -2.00. The van der Waals surface area contributed by atoms with E-state index in [4.69, 9.17) is 4.98 Å². The molecule has 11 aromatic carbocycles. The number of imidazole rings is 1. The van der Waals surface area contributed by atoms with Crippen LogP contribution in [-0.2, 0) is 6.42 Å². The van der Waals surface area contributed by atoms with E-state index < -0.39 is 0 Å². The van der Waals surface area contributed by atoms with Crippen molar-refractivity contribution in [3.8, 4) is 27.9 Å². The molecule has 0 saturated heterocycles. The average molecular weight is 725 g/mol. The predicted molar refractivity (Wildman–Crippen MR) is 244 cm³/mol. The summed E-state index contributed by atoms with van der Waals surface area (Å²) < 4.78 is 2.30. The highest BCUT2D eigenvalue weighted by molar-refractivity contribution is 6.36. The average Bonchev–Trinajstić information content (AvgIpc) is 3.66. The van der Waals surface area contributed by atoms with Crippen LogP contribution in [0.15, 0.2) is 188 Å². The van der Waals surface area contributed by atoms with E-state index in [9.17, 15) is 0 Å². The Balaban J connectivity index is 1.17. The lowest BCUT2D eigenvalue weighted by molar-refractivity contribution is 0.908. The highest BCUT2D eigenvalue weighted by atomic mass is 15.1. The first kappa shape index (κ1) is 32.0. The van der Waals surface area contributed by atoms with Crippen LogP contribution >= 0.6 is 0 Å². The smallest absolute Gasteiger partial charge is 0.114 e. The predicted octanol–water partition coefficient (Wildman–Crippen LogP) is 15.0. The standard InChI is InChI=1S/C55H36N2/c1-2-51-56-49-27-11-12-28-50(49)57(51)36-31-29-34(30-32-36)52-43-20-7-9-22-45(43)54(46-23-10-8-21-44(46)52)48-33-35-15-13-24-41-39-18-5-3-16-37(39)38-17-4-6-19-40(38)42-25-14-26-47(48)55(42)53(35)41/h3-33H,2H2,1H3. The van der Waals surface area contributed by atoms with Gasteiger partial charge in [-0.1, -0.05) is 165 Å². The fourth-order valence-corrected chi connectivity index (χ4v) is 9.92. The minimum absolute atomic E-state index is 0.860. The maximum Gasteiger partial charge on any atom is 0.114 e. The van der Waals surface area contributed by atoms with E-state index in [0.29, 0.717) is 0 Å². The number of aryl methyl sites for hydroxylation is 1. The van der Waals surface area contributed by atoms with Gasteiger partial charge in [-0.05, 0) is 128 Å². The van der Waals surface area contributed by atoms with Crippen molar-refractivity contribution in [2.24, 2.45) is 0 Å². The van der Waals surface area contributed by atoms with Gasteiger partial charge in [0.2, 0.25) is 0 Å². The zero-order valence-electron chi connectivity index (χ0n) is 31.5. The second kappa shape index (κ2) is 12.4. The number of aromatic nitrogens is 2. The number of hydrogen-bond acceptors (Lipinski definition) is 1. The summed E-state index contributed by atoms with van der Waals surface area (Å²) in [7, 11) is 0. The molecule has 0 fully saturated rings. The van der Waals surface area contributed by atoms with E-state index in [-0.39, 0.29) is 0 Å². The third-order valence-corrected chi connectivity index (χ3v) is 12.3. The van der Waals surface area contributed by atoms with Crippen molar-refractivity contribution in [2.45, 2.75) is 13.3 Å². The van der Waals surface area contributed by atoms with Gasteiger partial charge in [0.25, 0.3) is 0 Å². The molecule has 12 rings (SSSR count). The molecule has 0 amide bonds. The minimum atomic E-state index is 0.860. The molecule has 0 aliphatic heterocycles. The van der Waals surface area contributed by atoms with Gasteiger partial charge in [-0.15, -0.1) is 0 Å². The van der Waals surface area contributed by atoms with Gasteiger partial charge >= 0.3 is 0 Å². The first-order valence-electron chi connectivity index (χ1n) is 20.0. The third kappa shape index (κ3) is 4.62. The molecule has 0 N–H and O–H groups in total. The van der Waals surface area contributed by atoms with Crippen molar-refractivity contribution >= 4 is 86.4 Å². The Morgan fingerprint density at radius 2 is 0.877 bits per heavy atom. The van der Waals surface area contributed by atoms with Crippen LogP contribution in [0.25, 0.3) is 114 Å². The van der Waals surface area contributed by atoms with E-state index in [1.54, 1.807) is 0 Å². The molecule has 2 heteroatoms. The molecule has 0 saturated carbocycles. The van der Waals surface area contributed by atoms with Gasteiger partial charge in [0.15, 0.2) is 0 Å². The molecule has 0 atom stereocenters. The second-order valence-electron chi connectivity index (χ2n) is 15.2. The molecular formula is C55H36N2. The molecular weight excluding hydrogens is 689 g/mol. The summed E-state index contributed by atoms with van der Waals surface area (Å²) in [5.74, 6) is 1.07. The first-order valence-corrected chi connectivity index (χ1v) is 20.0. The molecule has 12 aromatic rings. The van der Waals surface area contributed by atoms with Crippen LogP contribution in [0.3, 0.4) is 0 Å². The maximum atomic E-state index is 4.96. The Morgan fingerprint density at radius 3 is 1.49 bits per heavy atom. The summed E-state index contributed by atoms with van der Waals surface area (Å²) in [6.07, 6.45) is 0.860. The Bertz CT molecular complexity index is 3550. The van der Waals surface area contributed by atoms with Crippen LogP contribution in [0, 0.1) is 0 Å². The van der Waals surface area contributed by atoms with Crippen molar-refractivity contribution < 1.29 is 0 Å². The van der Waals surface area contributed by atoms with Crippen molar-refractivity contribution in [3.63, 3.8) is 0 Å². The molecule has 0 unspecified atom stereocenters. The van der Waals surface area contributed by atoms with E-state index in [0.717, 1.165) is 29.0 Å². The summed E-state index contributed by atoms with van der Waals surface area (Å²) in [5, 5.41) is 17.8. The third-order valence-electron chi connectivity index (χ3n) is 12.3. The number of para-hydroxylation sites is 2. The lowest BCUT2D eigenvalue weighted by atomic mass is 9.82. The lowest BCUT2D eigenvalue weighted by Gasteiger charge is -2.21. The van der Waals surface area contributed by atoms with Gasteiger partial charge in [-0.25, -0.2) is 4.98 Å². The maximum absolute atomic E-state index is 4.96. The molecule has 2 nitrogen and oxygen atoms in total. The Morgan fingerprint density at radius 1 is 0.404 bits per heavy atom. The largest absolute Gasteiger partial charge is 0.296 e. The molecule has 266 valence electrons. The molecule has 0 radical (unpaired) electrons. The van der Waals surface area contributed by atoms with Crippen molar-refractivity contribution in [2.75, 3.05) is 0 Å². The van der Waals surface area contributed by atoms with Gasteiger partial charge in [0.1, 0.15) is 5.82 Å². The van der Waals surface area contributed by atoms with Crippen LogP contribution in [0.4, 0.5) is 0 Å². The number of benzene rings is 10. The summed E-state index contributed by atoms with van der Waals surface area (Å²) in [6.45, 7) is 2.18. The van der Waals surface area contributed by atoms with Crippen molar-refractivity contribution in [1.29, 1.82) is 0 Å². The monoisotopic (exact) mass is 724 g/mol. The van der Waals surface area contributed by atoms with E-state index in [1.807, 2.05) is 0 Å². The molecule has 0 spiro atoms. The quantitative estimate of drug-likeness (QED) is 0.131. The number of rotatable bonds is 4. The van der Waals surface area contributed by atoms with Crippen LogP contribution in [0.1, 0.15) is 12.7 Å². The summed E-state index contributed by atoms with van der Waals surface area (Å²) in [4.78, 5) is 4.96. The van der Waals surface area contributed by atoms with Gasteiger partial charge < -0.3 is 0 Å². The molecule has 0 aliphatic rings. The minimum Gasteiger partial charge on any atom is -0.296 e. The van der Waals surface area contributed by atoms with Crippen molar-refractivity contribution in [3.05, 3.63) is 194 Å². The molecule has 1 heterocycles. The van der Waals surface area contributed by atoms with Crippen LogP contribution in [-0.4, -0.2) is 9.55 Å². The summed E-state index contributed by atoms with van der Waals surface area (Å²) >= 11 is 0. The van der Waals surface area contributed by atoms with Gasteiger partial charge in [0.05, 0.1) is 11.0 Å². The van der Waals surface area contributed by atoms with E-state index >= 15 is 0 Å². The normalized spacial score (nSPS) is 12.0. The Labute approximate surface area is 329 Å². The van der Waals surface area contributed by atoms with Gasteiger partial charge in [-0.3, -0.25) is 4.57 Å². The highest BCUT2D eigenvalue weighted by Crippen LogP contribution is 2.49. The van der Waals surface area contributed by atoms with Gasteiger partial charge in [-0.2, -0.15) is 0 Å². The van der Waals surface area contributed by atoms with Crippen LogP contribution in [0.5, 0.6) is 0 Å². The van der Waals surface area contributed by atoms with Crippen LogP contribution < -0.4 is 0 Å². The highest BCUT2D eigenvalue weighted by Gasteiger charge is 2.21. The molecule has 0 aliphatic carbocycles. The van der Waals surface area contributed by atoms with E-state index in [1.165, 1.54) is 97.7 Å². The number of hydrogen-bond donors (Lipinski definition) is 0. The van der Waals surface area contributed by atoms with Gasteiger partial charge in [0, 0.05) is 12.1 Å². The summed E-state index contributed by atoms with van der Waals surface area (Å²) in [5.41, 5.74) is 8.30. The van der Waals surface area contributed by atoms with E-state index in [2.05, 4.69) is 200 Å².